The summed E-state index contributed by atoms with van der Waals surface area (Å²) in [6.45, 7) is 2.06. The Morgan fingerprint density at radius 1 is 1.28 bits per heavy atom. The molecule has 1 aromatic heterocycles. The van der Waals surface area contributed by atoms with Gasteiger partial charge in [0.1, 0.15) is 6.10 Å². The van der Waals surface area contributed by atoms with Gasteiger partial charge in [0, 0.05) is 44.8 Å². The van der Waals surface area contributed by atoms with Crippen LogP contribution in [0.15, 0.2) is 42.5 Å². The largest absolute Gasteiger partial charge is 0.458 e. The van der Waals surface area contributed by atoms with E-state index in [1.165, 1.54) is 22.2 Å². The molecule has 0 saturated carbocycles. The fraction of sp³-hybridized carbons (Fsp3) is 0.286. The molecule has 3 aromatic rings. The van der Waals surface area contributed by atoms with Crippen LogP contribution in [0.2, 0.25) is 0 Å². The zero-order valence-corrected chi connectivity index (χ0v) is 17.4. The van der Waals surface area contributed by atoms with E-state index in [1.54, 1.807) is 12.1 Å². The first-order valence-electron chi connectivity index (χ1n) is 8.38. The third-order valence-electron chi connectivity index (χ3n) is 4.93. The van der Waals surface area contributed by atoms with Crippen LogP contribution < -0.4 is 0 Å². The van der Waals surface area contributed by atoms with Crippen LogP contribution in [-0.4, -0.2) is 16.6 Å². The summed E-state index contributed by atoms with van der Waals surface area (Å²) in [5.41, 5.74) is 5.64. The van der Waals surface area contributed by atoms with E-state index in [0.29, 0.717) is 5.56 Å². The van der Waals surface area contributed by atoms with Crippen LogP contribution in [0.5, 0.6) is 0 Å². The minimum atomic E-state index is -0.228. The molecular formula is C21H20NO2Y-. The maximum atomic E-state index is 12.3. The van der Waals surface area contributed by atoms with Crippen LogP contribution in [0.25, 0.3) is 10.9 Å². The van der Waals surface area contributed by atoms with Gasteiger partial charge in [0.2, 0.25) is 0 Å². The number of fused-ring (bicyclic) bond motifs is 3. The number of esters is 1. The molecule has 1 aliphatic carbocycles. The normalized spacial score (nSPS) is 16.2. The van der Waals surface area contributed by atoms with Gasteiger partial charge in [-0.1, -0.05) is 30.6 Å². The number of nitrogens with zero attached hydrogens (tertiary/aromatic N) is 1. The second kappa shape index (κ2) is 7.43. The summed E-state index contributed by atoms with van der Waals surface area (Å²) in [5, 5.41) is 1.27. The third kappa shape index (κ3) is 3.45. The van der Waals surface area contributed by atoms with Crippen molar-refractivity contribution >= 4 is 16.9 Å². The molecule has 125 valence electrons. The molecule has 0 fully saturated rings. The molecule has 0 bridgehead atoms. The smallest absolute Gasteiger partial charge is 0.338 e. The Balaban J connectivity index is 0.00000182. The van der Waals surface area contributed by atoms with E-state index in [0.717, 1.165) is 24.8 Å². The number of carbonyl (C=O) groups is 1. The second-order valence-electron chi connectivity index (χ2n) is 6.54. The van der Waals surface area contributed by atoms with E-state index < -0.39 is 0 Å². The van der Waals surface area contributed by atoms with Crippen LogP contribution >= 0.6 is 0 Å². The number of aromatic nitrogens is 1. The van der Waals surface area contributed by atoms with E-state index in [-0.39, 0.29) is 44.8 Å². The number of carbonyl (C=O) groups excluding carboxylic acids is 1. The van der Waals surface area contributed by atoms with Crippen molar-refractivity contribution in [3.63, 3.8) is 0 Å². The van der Waals surface area contributed by atoms with Crippen molar-refractivity contribution < 1.29 is 42.2 Å². The van der Waals surface area contributed by atoms with Crippen molar-refractivity contribution in [1.29, 1.82) is 0 Å². The van der Waals surface area contributed by atoms with E-state index in [2.05, 4.69) is 36.7 Å². The Morgan fingerprint density at radius 3 is 2.80 bits per heavy atom. The predicted octanol–water partition coefficient (Wildman–Crippen LogP) is 4.00. The van der Waals surface area contributed by atoms with Gasteiger partial charge in [0.15, 0.2) is 0 Å². The Hall–Kier alpha value is -1.45. The monoisotopic (exact) mass is 407 g/mol. The Bertz CT molecular complexity index is 915. The number of ether oxygens (including phenoxy) is 1. The van der Waals surface area contributed by atoms with Crippen molar-refractivity contribution in [1.82, 2.24) is 4.57 Å². The van der Waals surface area contributed by atoms with Gasteiger partial charge >= 0.3 is 5.97 Å². The molecule has 0 aliphatic heterocycles. The Morgan fingerprint density at radius 2 is 2.04 bits per heavy atom. The summed E-state index contributed by atoms with van der Waals surface area (Å²) in [7, 11) is 2.11. The summed E-state index contributed by atoms with van der Waals surface area (Å²) >= 11 is 0. The number of hydrogen-bond donors (Lipinski definition) is 0. The van der Waals surface area contributed by atoms with Gasteiger partial charge < -0.3 is 9.30 Å². The summed E-state index contributed by atoms with van der Waals surface area (Å²) in [6, 6.07) is 16.8. The Labute approximate surface area is 173 Å². The molecular weight excluding hydrogens is 387 g/mol. The first kappa shape index (κ1) is 18.3. The molecule has 3 nitrogen and oxygen atoms in total. The summed E-state index contributed by atoms with van der Waals surface area (Å²) in [6.07, 6.45) is 2.54. The first-order chi connectivity index (χ1) is 11.6. The number of rotatable bonds is 2. The molecule has 1 heterocycles. The van der Waals surface area contributed by atoms with Crippen molar-refractivity contribution in [3.8, 4) is 0 Å². The second-order valence-corrected chi connectivity index (χ2v) is 6.54. The molecule has 1 unspecified atom stereocenters. The molecule has 1 radical (unpaired) electrons. The van der Waals surface area contributed by atoms with Crippen molar-refractivity contribution in [2.75, 3.05) is 0 Å². The van der Waals surface area contributed by atoms with Crippen LogP contribution in [0, 0.1) is 13.0 Å². The summed E-state index contributed by atoms with van der Waals surface area (Å²) < 4.78 is 8.03. The average molecular weight is 407 g/mol. The first-order valence-corrected chi connectivity index (χ1v) is 8.38. The molecule has 1 atom stereocenters. The van der Waals surface area contributed by atoms with Crippen molar-refractivity contribution in [2.45, 2.75) is 32.3 Å². The quantitative estimate of drug-likeness (QED) is 0.475. The van der Waals surface area contributed by atoms with Crippen LogP contribution in [0.1, 0.15) is 33.6 Å². The van der Waals surface area contributed by atoms with E-state index in [9.17, 15) is 4.79 Å². The molecule has 2 aromatic carbocycles. The third-order valence-corrected chi connectivity index (χ3v) is 4.93. The van der Waals surface area contributed by atoms with Crippen LogP contribution in [0.4, 0.5) is 0 Å². The summed E-state index contributed by atoms with van der Waals surface area (Å²) in [4.78, 5) is 12.3. The van der Waals surface area contributed by atoms with Crippen LogP contribution in [-0.2, 0) is 57.3 Å². The SMILES string of the molecule is Cc1[c-]cc2c(c1)c1c(n2C)CCC(OC(=O)c2ccccc2)C1.[Y]. The number of hydrogen-bond acceptors (Lipinski definition) is 2. The van der Waals surface area contributed by atoms with Crippen LogP contribution in [0.3, 0.4) is 0 Å². The maximum absolute atomic E-state index is 12.3. The predicted molar refractivity (Wildman–Crippen MR) is 94.2 cm³/mol. The minimum Gasteiger partial charge on any atom is -0.458 e. The molecule has 1 aliphatic rings. The van der Waals surface area contributed by atoms with Gasteiger partial charge in [-0.15, -0.1) is 5.39 Å². The average Bonchev–Trinajstić information content (AvgIpc) is 2.87. The molecule has 25 heavy (non-hydrogen) atoms. The van der Waals surface area contributed by atoms with Crippen molar-refractivity contribution in [2.24, 2.45) is 7.05 Å². The summed E-state index contributed by atoms with van der Waals surface area (Å²) in [5.74, 6) is -0.228. The molecule has 0 spiro atoms. The minimum absolute atomic E-state index is 0. The zero-order valence-electron chi connectivity index (χ0n) is 14.6. The number of benzene rings is 2. The van der Waals surface area contributed by atoms with Gasteiger partial charge in [-0.3, -0.25) is 0 Å². The van der Waals surface area contributed by atoms with E-state index in [1.807, 2.05) is 18.2 Å². The van der Waals surface area contributed by atoms with Crippen molar-refractivity contribution in [3.05, 3.63) is 70.9 Å². The van der Waals surface area contributed by atoms with E-state index in [4.69, 9.17) is 4.74 Å². The molecule has 0 amide bonds. The van der Waals surface area contributed by atoms with Gasteiger partial charge in [-0.05, 0) is 37.6 Å². The molecule has 4 heteroatoms. The van der Waals surface area contributed by atoms with Gasteiger partial charge in [0.25, 0.3) is 0 Å². The molecule has 0 saturated heterocycles. The fourth-order valence-corrected chi connectivity index (χ4v) is 3.68. The Kier molecular flexibility index (Phi) is 5.45. The van der Waals surface area contributed by atoms with E-state index >= 15 is 0 Å². The zero-order chi connectivity index (χ0) is 16.7. The molecule has 4 rings (SSSR count). The van der Waals surface area contributed by atoms with Gasteiger partial charge in [-0.25, -0.2) is 4.79 Å². The molecule has 0 N–H and O–H groups in total. The number of aryl methyl sites for hydroxylation is 2. The van der Waals surface area contributed by atoms with Gasteiger partial charge in [0.05, 0.1) is 5.56 Å². The fourth-order valence-electron chi connectivity index (χ4n) is 3.68. The standard InChI is InChI=1S/C21H20NO2.Y/c1-14-8-10-19-17(12-14)18-13-16(9-11-20(18)22(19)2)24-21(23)15-6-4-3-5-7-15;/h3-7,10,12,16H,9,11,13H2,1-2H3;/q-1;. The maximum Gasteiger partial charge on any atom is 0.338 e. The van der Waals surface area contributed by atoms with Gasteiger partial charge in [-0.2, -0.15) is 23.8 Å². The topological polar surface area (TPSA) is 31.2 Å².